The third-order valence-electron chi connectivity index (χ3n) is 3.19. The summed E-state index contributed by atoms with van der Waals surface area (Å²) in [4.78, 5) is 4.27. The second-order valence-electron chi connectivity index (χ2n) is 4.45. The number of hydrogen-bond donors (Lipinski definition) is 1. The van der Waals surface area contributed by atoms with Gasteiger partial charge in [0, 0.05) is 12.7 Å². The van der Waals surface area contributed by atoms with Crippen LogP contribution in [0, 0.1) is 0 Å². The van der Waals surface area contributed by atoms with Gasteiger partial charge in [-0.1, -0.05) is 6.07 Å². The van der Waals surface area contributed by atoms with Gasteiger partial charge in [0.2, 0.25) is 5.95 Å². The molecule has 3 rings (SSSR count). The lowest BCUT2D eigenvalue weighted by atomic mass is 10.2. The molecule has 0 radical (unpaired) electrons. The Morgan fingerprint density at radius 1 is 1.44 bits per heavy atom. The van der Waals surface area contributed by atoms with E-state index in [-0.39, 0.29) is 5.25 Å². The molecule has 3 heterocycles. The highest BCUT2D eigenvalue weighted by atomic mass is 32.2. The van der Waals surface area contributed by atoms with Gasteiger partial charge in [0.05, 0.1) is 11.0 Å². The lowest BCUT2D eigenvalue weighted by Crippen LogP contribution is -2.25. The van der Waals surface area contributed by atoms with E-state index in [1.165, 1.54) is 0 Å². The molecule has 0 aliphatic carbocycles. The SMILES string of the molecule is O=S1(=O)CCCC1CNc1nc2ccccn2n1. The zero-order chi connectivity index (χ0) is 12.6. The van der Waals surface area contributed by atoms with Crippen LogP contribution < -0.4 is 5.32 Å². The molecule has 0 spiro atoms. The third kappa shape index (κ3) is 2.05. The monoisotopic (exact) mass is 266 g/mol. The Balaban J connectivity index is 1.73. The maximum absolute atomic E-state index is 11.7. The van der Waals surface area contributed by atoms with Gasteiger partial charge in [0.15, 0.2) is 15.5 Å². The molecular weight excluding hydrogens is 252 g/mol. The lowest BCUT2D eigenvalue weighted by Gasteiger charge is -2.08. The molecule has 0 aromatic carbocycles. The van der Waals surface area contributed by atoms with Crippen LogP contribution in [-0.4, -0.2) is 40.6 Å². The molecule has 96 valence electrons. The van der Waals surface area contributed by atoms with E-state index in [1.54, 1.807) is 10.7 Å². The molecule has 6 nitrogen and oxygen atoms in total. The highest BCUT2D eigenvalue weighted by molar-refractivity contribution is 7.92. The van der Waals surface area contributed by atoms with Crippen molar-refractivity contribution < 1.29 is 8.42 Å². The summed E-state index contributed by atoms with van der Waals surface area (Å²) in [5, 5.41) is 6.93. The average Bonchev–Trinajstić information content (AvgIpc) is 2.89. The fraction of sp³-hybridized carbons (Fsp3) is 0.455. The molecule has 1 fully saturated rings. The largest absolute Gasteiger partial charge is 0.352 e. The molecule has 1 atom stereocenters. The fourth-order valence-corrected chi connectivity index (χ4v) is 3.96. The molecule has 0 amide bonds. The number of pyridine rings is 1. The smallest absolute Gasteiger partial charge is 0.243 e. The quantitative estimate of drug-likeness (QED) is 0.885. The van der Waals surface area contributed by atoms with Gasteiger partial charge in [-0.2, -0.15) is 4.98 Å². The molecule has 0 saturated carbocycles. The number of aromatic nitrogens is 3. The Hall–Kier alpha value is -1.63. The third-order valence-corrected chi connectivity index (χ3v) is 5.47. The Labute approximate surface area is 105 Å². The zero-order valence-electron chi connectivity index (χ0n) is 9.78. The second-order valence-corrected chi connectivity index (χ2v) is 6.85. The molecule has 1 unspecified atom stereocenters. The minimum absolute atomic E-state index is 0.302. The van der Waals surface area contributed by atoms with Crippen molar-refractivity contribution in [3.63, 3.8) is 0 Å². The molecule has 1 aliphatic heterocycles. The summed E-state index contributed by atoms with van der Waals surface area (Å²) in [6.45, 7) is 0.388. The van der Waals surface area contributed by atoms with Gasteiger partial charge < -0.3 is 5.32 Å². The highest BCUT2D eigenvalue weighted by Gasteiger charge is 2.31. The molecular formula is C11H14N4O2S. The number of nitrogens with zero attached hydrogens (tertiary/aromatic N) is 3. The molecule has 0 bridgehead atoms. The maximum atomic E-state index is 11.7. The summed E-state index contributed by atoms with van der Waals surface area (Å²) < 4.78 is 25.0. The van der Waals surface area contributed by atoms with Crippen LogP contribution in [0.5, 0.6) is 0 Å². The van der Waals surface area contributed by atoms with E-state index >= 15 is 0 Å². The van der Waals surface area contributed by atoms with E-state index in [1.807, 2.05) is 18.2 Å². The fourth-order valence-electron chi connectivity index (χ4n) is 2.20. The molecule has 1 N–H and O–H groups in total. The maximum Gasteiger partial charge on any atom is 0.243 e. The topological polar surface area (TPSA) is 76.4 Å². The van der Waals surface area contributed by atoms with Gasteiger partial charge >= 0.3 is 0 Å². The van der Waals surface area contributed by atoms with Crippen LogP contribution in [0.3, 0.4) is 0 Å². The van der Waals surface area contributed by atoms with Gasteiger partial charge in [-0.3, -0.25) is 0 Å². The van der Waals surface area contributed by atoms with Crippen molar-refractivity contribution in [2.45, 2.75) is 18.1 Å². The first-order valence-electron chi connectivity index (χ1n) is 5.92. The summed E-state index contributed by atoms with van der Waals surface area (Å²) in [6.07, 6.45) is 3.29. The van der Waals surface area contributed by atoms with Crippen molar-refractivity contribution in [1.29, 1.82) is 0 Å². The summed E-state index contributed by atoms with van der Waals surface area (Å²) in [5.74, 6) is 0.779. The normalized spacial score (nSPS) is 22.3. The summed E-state index contributed by atoms with van der Waals surface area (Å²) in [7, 11) is -2.91. The van der Waals surface area contributed by atoms with Gasteiger partial charge in [-0.05, 0) is 25.0 Å². The van der Waals surface area contributed by atoms with Crippen molar-refractivity contribution in [2.24, 2.45) is 0 Å². The zero-order valence-corrected chi connectivity index (χ0v) is 10.6. The average molecular weight is 266 g/mol. The molecule has 2 aromatic rings. The van der Waals surface area contributed by atoms with Crippen LogP contribution in [-0.2, 0) is 9.84 Å². The van der Waals surface area contributed by atoms with E-state index in [0.29, 0.717) is 18.2 Å². The minimum Gasteiger partial charge on any atom is -0.352 e. The first-order valence-corrected chi connectivity index (χ1v) is 7.63. The standard InChI is InChI=1S/C11H14N4O2S/c16-18(17)7-3-4-9(18)8-12-11-13-10-5-1-2-6-15(10)14-11/h1-2,5-6,9H,3-4,7-8H2,(H,12,14). The Morgan fingerprint density at radius 2 is 2.33 bits per heavy atom. The Morgan fingerprint density at radius 3 is 3.06 bits per heavy atom. The number of hydrogen-bond acceptors (Lipinski definition) is 5. The molecule has 7 heteroatoms. The lowest BCUT2D eigenvalue weighted by molar-refractivity contribution is 0.591. The van der Waals surface area contributed by atoms with Crippen molar-refractivity contribution in [3.8, 4) is 0 Å². The van der Waals surface area contributed by atoms with Gasteiger partial charge in [-0.15, -0.1) is 5.10 Å². The highest BCUT2D eigenvalue weighted by Crippen LogP contribution is 2.20. The van der Waals surface area contributed by atoms with E-state index in [0.717, 1.165) is 18.5 Å². The summed E-state index contributed by atoms with van der Waals surface area (Å²) in [6, 6.07) is 5.60. The van der Waals surface area contributed by atoms with E-state index < -0.39 is 9.84 Å². The van der Waals surface area contributed by atoms with Crippen LogP contribution in [0.2, 0.25) is 0 Å². The molecule has 1 aliphatic rings. The predicted octanol–water partition coefficient (Wildman–Crippen LogP) is 0.718. The summed E-state index contributed by atoms with van der Waals surface area (Å²) >= 11 is 0. The van der Waals surface area contributed by atoms with E-state index in [4.69, 9.17) is 0 Å². The molecule has 18 heavy (non-hydrogen) atoms. The van der Waals surface area contributed by atoms with Crippen LogP contribution in [0.4, 0.5) is 5.95 Å². The number of sulfone groups is 1. The Bertz CT molecular complexity index is 631. The van der Waals surface area contributed by atoms with Crippen LogP contribution in [0.15, 0.2) is 24.4 Å². The minimum atomic E-state index is -2.91. The van der Waals surface area contributed by atoms with Crippen LogP contribution in [0.25, 0.3) is 5.65 Å². The van der Waals surface area contributed by atoms with Gasteiger partial charge in [0.25, 0.3) is 0 Å². The number of fused-ring (bicyclic) bond motifs is 1. The van der Waals surface area contributed by atoms with Crippen LogP contribution in [0.1, 0.15) is 12.8 Å². The Kier molecular flexibility index (Phi) is 2.70. The first kappa shape index (κ1) is 11.5. The van der Waals surface area contributed by atoms with Crippen LogP contribution >= 0.6 is 0 Å². The molecule has 2 aromatic heterocycles. The van der Waals surface area contributed by atoms with Gasteiger partial charge in [0.1, 0.15) is 0 Å². The van der Waals surface area contributed by atoms with Crippen molar-refractivity contribution in [3.05, 3.63) is 24.4 Å². The second kappa shape index (κ2) is 4.24. The van der Waals surface area contributed by atoms with Crippen molar-refractivity contribution >= 4 is 21.4 Å². The summed E-state index contributed by atoms with van der Waals surface area (Å²) in [5.41, 5.74) is 0.745. The number of anilines is 1. The number of nitrogens with one attached hydrogen (secondary N) is 1. The van der Waals surface area contributed by atoms with Crippen molar-refractivity contribution in [1.82, 2.24) is 14.6 Å². The first-order chi connectivity index (χ1) is 8.65. The predicted molar refractivity (Wildman–Crippen MR) is 68.3 cm³/mol. The van der Waals surface area contributed by atoms with E-state index in [9.17, 15) is 8.42 Å². The molecule has 1 saturated heterocycles. The van der Waals surface area contributed by atoms with Gasteiger partial charge in [-0.25, -0.2) is 12.9 Å². The number of rotatable bonds is 3. The van der Waals surface area contributed by atoms with Crippen molar-refractivity contribution in [2.75, 3.05) is 17.6 Å². The van der Waals surface area contributed by atoms with E-state index in [2.05, 4.69) is 15.4 Å².